The molecule has 2 aliphatic heterocycles. The Labute approximate surface area is 184 Å². The molecule has 3 heterocycles. The average molecular weight is 504 g/mol. The first-order chi connectivity index (χ1) is 13.2. The standard InChI is InChI=1S/C19H32N6O2.HI/c1-4-9-20-19(21-13-18-23-22-15(2)24(18)3)25-10-7-16(8-11-25)27-14-17-6-5-12-26-17;/h4,16-17H,1,5-14H2,2-3H3,(H,20,21);1H. The van der Waals surface area contributed by atoms with Gasteiger partial charge in [-0.2, -0.15) is 0 Å². The number of halogens is 1. The van der Waals surface area contributed by atoms with E-state index in [1.807, 2.05) is 24.6 Å². The second-order valence-electron chi connectivity index (χ2n) is 7.19. The number of guanidine groups is 1. The topological polar surface area (TPSA) is 76.8 Å². The largest absolute Gasteiger partial charge is 0.376 e. The summed E-state index contributed by atoms with van der Waals surface area (Å²) in [5.41, 5.74) is 0. The zero-order valence-corrected chi connectivity index (χ0v) is 19.3. The van der Waals surface area contributed by atoms with Crippen LogP contribution in [0.3, 0.4) is 0 Å². The molecular formula is C19H33IN6O2. The van der Waals surface area contributed by atoms with Crippen LogP contribution in [0.2, 0.25) is 0 Å². The Morgan fingerprint density at radius 3 is 2.75 bits per heavy atom. The lowest BCUT2D eigenvalue weighted by Gasteiger charge is -2.34. The van der Waals surface area contributed by atoms with Crippen molar-refractivity contribution in [3.05, 3.63) is 24.3 Å². The molecule has 2 fully saturated rings. The van der Waals surface area contributed by atoms with Crippen molar-refractivity contribution in [1.82, 2.24) is 25.0 Å². The molecule has 2 aliphatic rings. The maximum absolute atomic E-state index is 6.07. The van der Waals surface area contributed by atoms with Crippen LogP contribution in [-0.4, -0.2) is 70.7 Å². The van der Waals surface area contributed by atoms with Crippen molar-refractivity contribution in [2.45, 2.75) is 51.4 Å². The van der Waals surface area contributed by atoms with E-state index in [2.05, 4.69) is 27.0 Å². The Balaban J connectivity index is 0.00000280. The van der Waals surface area contributed by atoms with Gasteiger partial charge in [0, 0.05) is 33.3 Å². The molecule has 158 valence electrons. The van der Waals surface area contributed by atoms with Crippen LogP contribution in [0.25, 0.3) is 0 Å². The normalized spacial score (nSPS) is 20.9. The molecule has 1 atom stereocenters. The summed E-state index contributed by atoms with van der Waals surface area (Å²) in [6.07, 6.45) is 6.75. The minimum absolute atomic E-state index is 0. The molecule has 0 saturated carbocycles. The number of likely N-dealkylation sites (tertiary alicyclic amines) is 1. The minimum atomic E-state index is 0. The molecule has 1 N–H and O–H groups in total. The summed E-state index contributed by atoms with van der Waals surface area (Å²) in [7, 11) is 1.97. The van der Waals surface area contributed by atoms with Crippen molar-refractivity contribution >= 4 is 29.9 Å². The van der Waals surface area contributed by atoms with Gasteiger partial charge in [0.2, 0.25) is 0 Å². The Bertz CT molecular complexity index is 636. The summed E-state index contributed by atoms with van der Waals surface area (Å²) in [5.74, 6) is 2.65. The minimum Gasteiger partial charge on any atom is -0.376 e. The Morgan fingerprint density at radius 1 is 1.36 bits per heavy atom. The second kappa shape index (κ2) is 11.7. The molecular weight excluding hydrogens is 471 g/mol. The summed E-state index contributed by atoms with van der Waals surface area (Å²) in [6.45, 7) is 10.4. The number of aliphatic imine (C=N–C) groups is 1. The van der Waals surface area contributed by atoms with Crippen molar-refractivity contribution in [2.75, 3.05) is 32.8 Å². The molecule has 1 aromatic rings. The highest BCUT2D eigenvalue weighted by Crippen LogP contribution is 2.18. The van der Waals surface area contributed by atoms with Gasteiger partial charge < -0.3 is 24.3 Å². The molecule has 0 spiro atoms. The van der Waals surface area contributed by atoms with Gasteiger partial charge in [-0.15, -0.1) is 40.8 Å². The first-order valence-corrected chi connectivity index (χ1v) is 9.89. The van der Waals surface area contributed by atoms with Crippen molar-refractivity contribution in [3.63, 3.8) is 0 Å². The van der Waals surface area contributed by atoms with E-state index in [-0.39, 0.29) is 24.0 Å². The number of rotatable bonds is 7. The monoisotopic (exact) mass is 504 g/mol. The van der Waals surface area contributed by atoms with Crippen molar-refractivity contribution in [2.24, 2.45) is 12.0 Å². The van der Waals surface area contributed by atoms with Gasteiger partial charge in [-0.05, 0) is 32.6 Å². The van der Waals surface area contributed by atoms with Gasteiger partial charge >= 0.3 is 0 Å². The van der Waals surface area contributed by atoms with E-state index < -0.39 is 0 Å². The van der Waals surface area contributed by atoms with Crippen LogP contribution in [0.15, 0.2) is 17.6 Å². The molecule has 1 unspecified atom stereocenters. The van der Waals surface area contributed by atoms with Gasteiger partial charge in [0.15, 0.2) is 11.8 Å². The van der Waals surface area contributed by atoms with E-state index in [4.69, 9.17) is 14.5 Å². The first-order valence-electron chi connectivity index (χ1n) is 9.89. The summed E-state index contributed by atoms with van der Waals surface area (Å²) < 4.78 is 13.7. The lowest BCUT2D eigenvalue weighted by molar-refractivity contribution is -0.0367. The van der Waals surface area contributed by atoms with Gasteiger partial charge in [0.25, 0.3) is 0 Å². The Morgan fingerprint density at radius 2 is 2.14 bits per heavy atom. The molecule has 9 heteroatoms. The Hall–Kier alpha value is -1.20. The van der Waals surface area contributed by atoms with E-state index in [0.717, 1.165) is 69.6 Å². The van der Waals surface area contributed by atoms with E-state index >= 15 is 0 Å². The second-order valence-corrected chi connectivity index (χ2v) is 7.19. The van der Waals surface area contributed by atoms with Crippen molar-refractivity contribution < 1.29 is 9.47 Å². The van der Waals surface area contributed by atoms with Gasteiger partial charge in [-0.3, -0.25) is 0 Å². The van der Waals surface area contributed by atoms with Gasteiger partial charge in [0.1, 0.15) is 12.4 Å². The molecule has 0 bridgehead atoms. The fourth-order valence-corrected chi connectivity index (χ4v) is 3.42. The number of ether oxygens (including phenoxy) is 2. The fourth-order valence-electron chi connectivity index (χ4n) is 3.42. The predicted molar refractivity (Wildman–Crippen MR) is 120 cm³/mol. The van der Waals surface area contributed by atoms with Crippen LogP contribution in [0.4, 0.5) is 0 Å². The molecule has 2 saturated heterocycles. The SMILES string of the molecule is C=CCNC(=NCc1nnc(C)n1C)N1CCC(OCC2CCCO2)CC1.I. The highest BCUT2D eigenvalue weighted by atomic mass is 127. The molecule has 28 heavy (non-hydrogen) atoms. The summed E-state index contributed by atoms with van der Waals surface area (Å²) in [5, 5.41) is 11.7. The van der Waals surface area contributed by atoms with E-state index in [1.54, 1.807) is 0 Å². The smallest absolute Gasteiger partial charge is 0.194 e. The molecule has 0 radical (unpaired) electrons. The van der Waals surface area contributed by atoms with Gasteiger partial charge in [-0.1, -0.05) is 6.08 Å². The number of nitrogens with one attached hydrogen (secondary N) is 1. The summed E-state index contributed by atoms with van der Waals surface area (Å²) in [4.78, 5) is 7.05. The van der Waals surface area contributed by atoms with Crippen LogP contribution < -0.4 is 5.32 Å². The highest BCUT2D eigenvalue weighted by Gasteiger charge is 2.24. The van der Waals surface area contributed by atoms with E-state index in [9.17, 15) is 0 Å². The van der Waals surface area contributed by atoms with Crippen molar-refractivity contribution in [1.29, 1.82) is 0 Å². The molecule has 0 aromatic carbocycles. The van der Waals surface area contributed by atoms with Crippen LogP contribution in [0, 0.1) is 6.92 Å². The third-order valence-corrected chi connectivity index (χ3v) is 5.24. The summed E-state index contributed by atoms with van der Waals surface area (Å²) in [6, 6.07) is 0. The molecule has 1 aromatic heterocycles. The molecule has 3 rings (SSSR count). The summed E-state index contributed by atoms with van der Waals surface area (Å²) >= 11 is 0. The van der Waals surface area contributed by atoms with Crippen LogP contribution >= 0.6 is 24.0 Å². The lowest BCUT2D eigenvalue weighted by Crippen LogP contribution is -2.47. The van der Waals surface area contributed by atoms with Crippen LogP contribution in [0.1, 0.15) is 37.3 Å². The predicted octanol–water partition coefficient (Wildman–Crippen LogP) is 2.03. The molecule has 0 amide bonds. The quantitative estimate of drug-likeness (QED) is 0.265. The zero-order valence-electron chi connectivity index (χ0n) is 17.0. The first kappa shape index (κ1) is 23.1. The third-order valence-electron chi connectivity index (χ3n) is 5.24. The highest BCUT2D eigenvalue weighted by molar-refractivity contribution is 14.0. The number of hydrogen-bond acceptors (Lipinski definition) is 5. The number of nitrogens with zero attached hydrogens (tertiary/aromatic N) is 5. The number of piperidine rings is 1. The van der Waals surface area contributed by atoms with E-state index in [0.29, 0.717) is 25.3 Å². The maximum atomic E-state index is 6.07. The van der Waals surface area contributed by atoms with Gasteiger partial charge in [-0.25, -0.2) is 4.99 Å². The number of aryl methyl sites for hydroxylation is 1. The number of aromatic nitrogens is 3. The van der Waals surface area contributed by atoms with Crippen LogP contribution in [-0.2, 0) is 23.1 Å². The molecule has 8 nitrogen and oxygen atoms in total. The van der Waals surface area contributed by atoms with Crippen molar-refractivity contribution in [3.8, 4) is 0 Å². The maximum Gasteiger partial charge on any atom is 0.194 e. The van der Waals surface area contributed by atoms with Gasteiger partial charge in [0.05, 0.1) is 18.8 Å². The molecule has 0 aliphatic carbocycles. The fraction of sp³-hybridized carbons (Fsp3) is 0.737. The zero-order chi connectivity index (χ0) is 19.1. The lowest BCUT2D eigenvalue weighted by atomic mass is 10.1. The van der Waals surface area contributed by atoms with Crippen LogP contribution in [0.5, 0.6) is 0 Å². The Kier molecular flexibility index (Phi) is 9.66. The third kappa shape index (κ3) is 6.41. The van der Waals surface area contributed by atoms with E-state index in [1.165, 1.54) is 0 Å². The number of hydrogen-bond donors (Lipinski definition) is 1. The average Bonchev–Trinajstić information content (AvgIpc) is 3.32.